The van der Waals surface area contributed by atoms with Crippen LogP contribution in [0.5, 0.6) is 5.75 Å². The molecule has 1 heterocycles. The van der Waals surface area contributed by atoms with Crippen LogP contribution in [-0.4, -0.2) is 38.4 Å². The van der Waals surface area contributed by atoms with E-state index in [9.17, 15) is 4.79 Å². The molecule has 1 atom stereocenters. The minimum atomic E-state index is -0.179. The van der Waals surface area contributed by atoms with Gasteiger partial charge in [0, 0.05) is 17.8 Å². The highest BCUT2D eigenvalue weighted by Crippen LogP contribution is 2.43. The number of hydrogen-bond donors (Lipinski definition) is 1. The standard InChI is InChI=1S/C29H31N3O3/c1-22(31-35-20-19-30-18-17-23-9-5-3-6-10-23)21-27-28(24-11-7-4-8-12-24)32(29(27)33)25-13-15-26(34-2)16-14-25/h3-16,21,28,30H,17-20H2,1-2H3/b27-21+,31-22+. The number of carbonyl (C=O) groups excluding carboxylic acids is 1. The van der Waals surface area contributed by atoms with Gasteiger partial charge in [-0.3, -0.25) is 9.69 Å². The average molecular weight is 470 g/mol. The molecule has 4 rings (SSSR count). The van der Waals surface area contributed by atoms with Gasteiger partial charge in [0.15, 0.2) is 0 Å². The van der Waals surface area contributed by atoms with Crippen molar-refractivity contribution >= 4 is 17.3 Å². The molecule has 6 nitrogen and oxygen atoms in total. The van der Waals surface area contributed by atoms with Gasteiger partial charge in [-0.05, 0) is 61.4 Å². The maximum absolute atomic E-state index is 13.1. The van der Waals surface area contributed by atoms with Crippen LogP contribution in [0, 0.1) is 0 Å². The van der Waals surface area contributed by atoms with Crippen LogP contribution in [0.25, 0.3) is 0 Å². The Hall–Kier alpha value is -3.90. The van der Waals surface area contributed by atoms with Crippen molar-refractivity contribution in [2.24, 2.45) is 5.16 Å². The van der Waals surface area contributed by atoms with Crippen LogP contribution in [0.3, 0.4) is 0 Å². The lowest BCUT2D eigenvalue weighted by atomic mass is 9.86. The Morgan fingerprint density at radius 2 is 1.66 bits per heavy atom. The Morgan fingerprint density at radius 1 is 0.971 bits per heavy atom. The summed E-state index contributed by atoms with van der Waals surface area (Å²) in [6.07, 6.45) is 2.80. The fraction of sp³-hybridized carbons (Fsp3) is 0.241. The molecule has 1 amide bonds. The van der Waals surface area contributed by atoms with Crippen LogP contribution in [0.2, 0.25) is 0 Å². The molecule has 0 saturated carbocycles. The second-order valence-corrected chi connectivity index (χ2v) is 8.34. The van der Waals surface area contributed by atoms with E-state index in [0.717, 1.165) is 30.0 Å². The molecule has 0 aliphatic carbocycles. The highest BCUT2D eigenvalue weighted by molar-refractivity contribution is 6.18. The summed E-state index contributed by atoms with van der Waals surface area (Å²) < 4.78 is 5.25. The number of benzene rings is 3. The van der Waals surface area contributed by atoms with Gasteiger partial charge in [0.1, 0.15) is 12.4 Å². The number of methoxy groups -OCH3 is 1. The molecule has 1 saturated heterocycles. The van der Waals surface area contributed by atoms with E-state index in [1.165, 1.54) is 5.56 Å². The summed E-state index contributed by atoms with van der Waals surface area (Å²) in [5.41, 5.74) is 4.54. The van der Waals surface area contributed by atoms with Crippen molar-refractivity contribution < 1.29 is 14.4 Å². The van der Waals surface area contributed by atoms with E-state index in [0.29, 0.717) is 24.4 Å². The molecule has 6 heteroatoms. The molecule has 3 aromatic carbocycles. The second kappa shape index (κ2) is 12.0. The second-order valence-electron chi connectivity index (χ2n) is 8.34. The van der Waals surface area contributed by atoms with E-state index < -0.39 is 0 Å². The van der Waals surface area contributed by atoms with Gasteiger partial charge < -0.3 is 14.9 Å². The Kier molecular flexibility index (Phi) is 8.30. The predicted molar refractivity (Wildman–Crippen MR) is 140 cm³/mol. The maximum atomic E-state index is 13.1. The third-order valence-electron chi connectivity index (χ3n) is 5.86. The summed E-state index contributed by atoms with van der Waals surface area (Å²) in [6.45, 7) is 3.90. The zero-order valence-electron chi connectivity index (χ0n) is 20.2. The van der Waals surface area contributed by atoms with E-state index in [2.05, 4.69) is 34.7 Å². The molecular weight excluding hydrogens is 438 g/mol. The fourth-order valence-electron chi connectivity index (χ4n) is 4.08. The molecule has 1 aliphatic rings. The van der Waals surface area contributed by atoms with E-state index in [1.807, 2.05) is 73.7 Å². The minimum absolute atomic E-state index is 0.0406. The fourth-order valence-corrected chi connectivity index (χ4v) is 4.08. The normalized spacial score (nSPS) is 16.8. The summed E-state index contributed by atoms with van der Waals surface area (Å²) in [4.78, 5) is 20.4. The van der Waals surface area contributed by atoms with Crippen molar-refractivity contribution in [3.05, 3.63) is 108 Å². The summed E-state index contributed by atoms with van der Waals surface area (Å²) in [5.74, 6) is 0.713. The monoisotopic (exact) mass is 469 g/mol. The number of allylic oxidation sites excluding steroid dienone is 1. The minimum Gasteiger partial charge on any atom is -0.497 e. The number of rotatable bonds is 11. The largest absolute Gasteiger partial charge is 0.497 e. The number of carbonyl (C=O) groups is 1. The first-order valence-corrected chi connectivity index (χ1v) is 11.8. The molecule has 0 bridgehead atoms. The SMILES string of the molecule is COc1ccc(N2C(=O)/C(=C/C(C)=N/OCCNCCc3ccccc3)C2c2ccccc2)cc1. The third kappa shape index (κ3) is 6.16. The van der Waals surface area contributed by atoms with Crippen molar-refractivity contribution in [1.82, 2.24) is 5.32 Å². The quantitative estimate of drug-likeness (QED) is 0.142. The van der Waals surface area contributed by atoms with Crippen molar-refractivity contribution in [2.75, 3.05) is 31.7 Å². The molecule has 180 valence electrons. The molecule has 1 N–H and O–H groups in total. The lowest BCUT2D eigenvalue weighted by Gasteiger charge is -2.43. The zero-order chi connectivity index (χ0) is 24.5. The van der Waals surface area contributed by atoms with Gasteiger partial charge in [-0.2, -0.15) is 0 Å². The number of β-lactam (4-membered cyclic amide) rings is 1. The van der Waals surface area contributed by atoms with Crippen LogP contribution in [0.15, 0.2) is 102 Å². The number of ether oxygens (including phenoxy) is 1. The summed E-state index contributed by atoms with van der Waals surface area (Å²) in [7, 11) is 1.63. The number of hydrogen-bond acceptors (Lipinski definition) is 5. The van der Waals surface area contributed by atoms with Gasteiger partial charge in [-0.15, -0.1) is 0 Å². The third-order valence-corrected chi connectivity index (χ3v) is 5.86. The Bertz CT molecular complexity index is 1160. The number of nitrogens with one attached hydrogen (secondary N) is 1. The predicted octanol–water partition coefficient (Wildman–Crippen LogP) is 4.93. The molecule has 1 aliphatic heterocycles. The van der Waals surface area contributed by atoms with E-state index in [4.69, 9.17) is 9.57 Å². The molecule has 1 unspecified atom stereocenters. The number of amides is 1. The summed E-state index contributed by atoms with van der Waals surface area (Å²) in [6, 6.07) is 27.7. The van der Waals surface area contributed by atoms with Crippen LogP contribution in [0.4, 0.5) is 5.69 Å². The van der Waals surface area contributed by atoms with Gasteiger partial charge in [0.25, 0.3) is 5.91 Å². The Morgan fingerprint density at radius 3 is 2.34 bits per heavy atom. The van der Waals surface area contributed by atoms with Gasteiger partial charge in [-0.25, -0.2) is 0 Å². The summed E-state index contributed by atoms with van der Waals surface area (Å²) in [5, 5.41) is 7.56. The topological polar surface area (TPSA) is 63.2 Å². The molecule has 35 heavy (non-hydrogen) atoms. The highest BCUT2D eigenvalue weighted by Gasteiger charge is 2.43. The average Bonchev–Trinajstić information content (AvgIpc) is 2.91. The van der Waals surface area contributed by atoms with Gasteiger partial charge in [0.05, 0.1) is 18.9 Å². The summed E-state index contributed by atoms with van der Waals surface area (Å²) >= 11 is 0. The van der Waals surface area contributed by atoms with Crippen molar-refractivity contribution in [2.45, 2.75) is 19.4 Å². The van der Waals surface area contributed by atoms with Gasteiger partial charge in [0.2, 0.25) is 0 Å². The van der Waals surface area contributed by atoms with Gasteiger partial charge in [-0.1, -0.05) is 65.8 Å². The zero-order valence-corrected chi connectivity index (χ0v) is 20.2. The van der Waals surface area contributed by atoms with E-state index in [-0.39, 0.29) is 11.9 Å². The molecule has 0 spiro atoms. The van der Waals surface area contributed by atoms with Gasteiger partial charge >= 0.3 is 0 Å². The van der Waals surface area contributed by atoms with Crippen LogP contribution in [-0.2, 0) is 16.1 Å². The number of nitrogens with zero attached hydrogens (tertiary/aromatic N) is 2. The number of anilines is 1. The Labute approximate surface area is 206 Å². The van der Waals surface area contributed by atoms with E-state index in [1.54, 1.807) is 12.0 Å². The van der Waals surface area contributed by atoms with Crippen LogP contribution < -0.4 is 15.0 Å². The number of oxime groups is 1. The first-order valence-electron chi connectivity index (χ1n) is 11.8. The molecule has 3 aromatic rings. The Balaban J connectivity index is 1.35. The smallest absolute Gasteiger partial charge is 0.257 e. The van der Waals surface area contributed by atoms with Crippen LogP contribution >= 0.6 is 0 Å². The molecule has 1 fully saturated rings. The van der Waals surface area contributed by atoms with Crippen molar-refractivity contribution in [3.63, 3.8) is 0 Å². The maximum Gasteiger partial charge on any atom is 0.257 e. The molecule has 0 aromatic heterocycles. The van der Waals surface area contributed by atoms with Crippen molar-refractivity contribution in [1.29, 1.82) is 0 Å². The highest BCUT2D eigenvalue weighted by atomic mass is 16.6. The lowest BCUT2D eigenvalue weighted by molar-refractivity contribution is -0.119. The van der Waals surface area contributed by atoms with Crippen molar-refractivity contribution in [3.8, 4) is 5.75 Å². The van der Waals surface area contributed by atoms with E-state index >= 15 is 0 Å². The lowest BCUT2D eigenvalue weighted by Crippen LogP contribution is -2.49. The van der Waals surface area contributed by atoms with Crippen LogP contribution in [0.1, 0.15) is 24.1 Å². The first-order chi connectivity index (χ1) is 17.2. The first kappa shape index (κ1) is 24.2. The molecule has 0 radical (unpaired) electrons. The molecular formula is C29H31N3O3.